The molecule has 0 aliphatic heterocycles. The molecule has 0 unspecified atom stereocenters. The summed E-state index contributed by atoms with van der Waals surface area (Å²) in [6, 6.07) is 7.39. The van der Waals surface area contributed by atoms with E-state index < -0.39 is 6.09 Å². The molecule has 0 spiro atoms. The number of nitrogens with one attached hydrogen (secondary N) is 1. The van der Waals surface area contributed by atoms with Crippen LogP contribution < -0.4 is 5.32 Å². The summed E-state index contributed by atoms with van der Waals surface area (Å²) in [6.45, 7) is 2.25. The van der Waals surface area contributed by atoms with Gasteiger partial charge in [0.1, 0.15) is 0 Å². The highest BCUT2D eigenvalue weighted by atomic mass is 16.5. The average Bonchev–Trinajstić information content (AvgIpc) is 2.71. The zero-order chi connectivity index (χ0) is 19.3. The molecule has 1 amide bonds. The molecular formula is C22H31N3O2. The molecule has 2 aromatic rings. The van der Waals surface area contributed by atoms with Crippen LogP contribution in [0.25, 0.3) is 11.4 Å². The Hall–Kier alpha value is -2.43. The van der Waals surface area contributed by atoms with E-state index in [0.29, 0.717) is 11.5 Å². The van der Waals surface area contributed by atoms with E-state index in [1.54, 1.807) is 0 Å². The lowest BCUT2D eigenvalue weighted by Gasteiger charge is -2.06. The van der Waals surface area contributed by atoms with E-state index in [1.165, 1.54) is 64.0 Å². The van der Waals surface area contributed by atoms with Crippen LogP contribution in [0.15, 0.2) is 36.7 Å². The van der Waals surface area contributed by atoms with E-state index in [2.05, 4.69) is 26.9 Å². The first kappa shape index (κ1) is 20.9. The summed E-state index contributed by atoms with van der Waals surface area (Å²) < 4.78 is 4.58. The van der Waals surface area contributed by atoms with Gasteiger partial charge in [-0.15, -0.1) is 0 Å². The van der Waals surface area contributed by atoms with E-state index in [-0.39, 0.29) is 0 Å². The van der Waals surface area contributed by atoms with Gasteiger partial charge in [0.2, 0.25) is 0 Å². The summed E-state index contributed by atoms with van der Waals surface area (Å²) >= 11 is 0. The lowest BCUT2D eigenvalue weighted by atomic mass is 10.1. The zero-order valence-electron chi connectivity index (χ0n) is 16.5. The molecule has 2 rings (SSSR count). The molecule has 27 heavy (non-hydrogen) atoms. The van der Waals surface area contributed by atoms with Gasteiger partial charge in [0.25, 0.3) is 0 Å². The van der Waals surface area contributed by atoms with Crippen LogP contribution in [0.1, 0.15) is 63.9 Å². The highest BCUT2D eigenvalue weighted by Crippen LogP contribution is 2.18. The van der Waals surface area contributed by atoms with Gasteiger partial charge in [-0.25, -0.2) is 14.8 Å². The van der Waals surface area contributed by atoms with Crippen LogP contribution in [0.4, 0.5) is 10.5 Å². The Morgan fingerprint density at radius 2 is 1.52 bits per heavy atom. The second-order valence-corrected chi connectivity index (χ2v) is 6.83. The molecule has 0 fully saturated rings. The van der Waals surface area contributed by atoms with E-state index >= 15 is 0 Å². The van der Waals surface area contributed by atoms with Crippen molar-refractivity contribution in [3.05, 3.63) is 42.2 Å². The van der Waals surface area contributed by atoms with Gasteiger partial charge in [-0.3, -0.25) is 5.32 Å². The first-order valence-corrected chi connectivity index (χ1v) is 9.99. The Morgan fingerprint density at radius 1 is 0.926 bits per heavy atom. The van der Waals surface area contributed by atoms with Crippen molar-refractivity contribution >= 4 is 11.8 Å². The standard InChI is InChI=1S/C22H31N3O2/c1-3-4-5-6-7-8-9-10-11-18-16-23-21(24-17-18)19-12-14-20(15-13-19)25-22(26)27-2/h12-17H,3-11H2,1-2H3,(H,25,26). The SMILES string of the molecule is CCCCCCCCCCc1cnc(-c2ccc(NC(=O)OC)cc2)nc1. The molecule has 1 heterocycles. The van der Waals surface area contributed by atoms with Gasteiger partial charge in [0, 0.05) is 23.6 Å². The molecule has 1 aromatic heterocycles. The lowest BCUT2D eigenvalue weighted by Crippen LogP contribution is -2.10. The Morgan fingerprint density at radius 3 is 2.11 bits per heavy atom. The smallest absolute Gasteiger partial charge is 0.411 e. The van der Waals surface area contributed by atoms with Gasteiger partial charge < -0.3 is 4.74 Å². The minimum Gasteiger partial charge on any atom is -0.453 e. The summed E-state index contributed by atoms with van der Waals surface area (Å²) in [4.78, 5) is 20.2. The second-order valence-electron chi connectivity index (χ2n) is 6.83. The predicted octanol–water partition coefficient (Wildman–Crippen LogP) is 6.01. The fraction of sp³-hybridized carbons (Fsp3) is 0.500. The van der Waals surface area contributed by atoms with Gasteiger partial charge >= 0.3 is 6.09 Å². The summed E-state index contributed by atoms with van der Waals surface area (Å²) in [5.74, 6) is 0.694. The zero-order valence-corrected chi connectivity index (χ0v) is 16.5. The Balaban J connectivity index is 1.74. The van der Waals surface area contributed by atoms with E-state index in [0.717, 1.165) is 12.0 Å². The molecule has 0 aliphatic carbocycles. The maximum Gasteiger partial charge on any atom is 0.411 e. The number of nitrogens with zero attached hydrogens (tertiary/aromatic N) is 2. The van der Waals surface area contributed by atoms with E-state index in [9.17, 15) is 4.79 Å². The van der Waals surface area contributed by atoms with Crippen molar-refractivity contribution in [3.8, 4) is 11.4 Å². The van der Waals surface area contributed by atoms with E-state index in [4.69, 9.17) is 0 Å². The lowest BCUT2D eigenvalue weighted by molar-refractivity contribution is 0.187. The number of rotatable bonds is 11. The van der Waals surface area contributed by atoms with Crippen molar-refractivity contribution in [1.29, 1.82) is 0 Å². The van der Waals surface area contributed by atoms with Crippen molar-refractivity contribution in [1.82, 2.24) is 9.97 Å². The van der Waals surface area contributed by atoms with Crippen LogP contribution in [0.3, 0.4) is 0 Å². The topological polar surface area (TPSA) is 64.1 Å². The molecule has 0 saturated carbocycles. The Labute approximate surface area is 162 Å². The first-order chi connectivity index (χ1) is 13.2. The van der Waals surface area contributed by atoms with Crippen LogP contribution in [-0.2, 0) is 11.2 Å². The number of hydrogen-bond acceptors (Lipinski definition) is 4. The third-order valence-electron chi connectivity index (χ3n) is 4.60. The predicted molar refractivity (Wildman–Crippen MR) is 110 cm³/mol. The molecule has 0 radical (unpaired) electrons. The van der Waals surface area contributed by atoms with E-state index in [1.807, 2.05) is 36.7 Å². The molecule has 0 aliphatic rings. The van der Waals surface area contributed by atoms with Gasteiger partial charge in [-0.1, -0.05) is 51.9 Å². The average molecular weight is 370 g/mol. The molecule has 1 aromatic carbocycles. The maximum absolute atomic E-state index is 11.2. The fourth-order valence-corrected chi connectivity index (χ4v) is 2.97. The molecule has 1 N–H and O–H groups in total. The summed E-state index contributed by atoms with van der Waals surface area (Å²) in [6.07, 6.45) is 15.0. The largest absolute Gasteiger partial charge is 0.453 e. The highest BCUT2D eigenvalue weighted by molar-refractivity contribution is 5.84. The number of benzene rings is 1. The number of aromatic nitrogens is 2. The van der Waals surface area contributed by atoms with Crippen molar-refractivity contribution in [2.75, 3.05) is 12.4 Å². The van der Waals surface area contributed by atoms with Crippen LogP contribution in [0, 0.1) is 0 Å². The van der Waals surface area contributed by atoms with Gasteiger partial charge in [-0.2, -0.15) is 0 Å². The van der Waals surface area contributed by atoms with Gasteiger partial charge in [-0.05, 0) is 42.7 Å². The van der Waals surface area contributed by atoms with Crippen molar-refractivity contribution in [2.24, 2.45) is 0 Å². The van der Waals surface area contributed by atoms with Crippen LogP contribution in [-0.4, -0.2) is 23.2 Å². The monoisotopic (exact) mass is 369 g/mol. The molecule has 5 heteroatoms. The molecular weight excluding hydrogens is 338 g/mol. The van der Waals surface area contributed by atoms with Crippen molar-refractivity contribution in [2.45, 2.75) is 64.7 Å². The Bertz CT molecular complexity index is 669. The molecule has 146 valence electrons. The van der Waals surface area contributed by atoms with Crippen molar-refractivity contribution < 1.29 is 9.53 Å². The first-order valence-electron chi connectivity index (χ1n) is 9.99. The number of amides is 1. The van der Waals surface area contributed by atoms with Crippen LogP contribution >= 0.6 is 0 Å². The number of carbonyl (C=O) groups is 1. The van der Waals surface area contributed by atoms with Crippen molar-refractivity contribution in [3.63, 3.8) is 0 Å². The number of methoxy groups -OCH3 is 1. The highest BCUT2D eigenvalue weighted by Gasteiger charge is 2.04. The molecule has 5 nitrogen and oxygen atoms in total. The number of carbonyl (C=O) groups excluding carboxylic acids is 1. The summed E-state index contributed by atoms with van der Waals surface area (Å²) in [7, 11) is 1.34. The maximum atomic E-state index is 11.2. The third kappa shape index (κ3) is 7.77. The minimum atomic E-state index is -0.482. The third-order valence-corrected chi connectivity index (χ3v) is 4.60. The van der Waals surface area contributed by atoms with Crippen LogP contribution in [0.5, 0.6) is 0 Å². The quantitative estimate of drug-likeness (QED) is 0.493. The summed E-state index contributed by atoms with van der Waals surface area (Å²) in [5.41, 5.74) is 2.79. The normalized spacial score (nSPS) is 10.6. The number of hydrogen-bond donors (Lipinski definition) is 1. The number of unbranched alkanes of at least 4 members (excludes halogenated alkanes) is 7. The fourth-order valence-electron chi connectivity index (χ4n) is 2.97. The number of ether oxygens (including phenoxy) is 1. The Kier molecular flexibility index (Phi) is 9.31. The summed E-state index contributed by atoms with van der Waals surface area (Å²) in [5, 5.41) is 2.62. The molecule has 0 saturated heterocycles. The second kappa shape index (κ2) is 12.0. The number of aryl methyl sites for hydroxylation is 1. The molecule has 0 bridgehead atoms. The van der Waals surface area contributed by atoms with Gasteiger partial charge in [0.05, 0.1) is 7.11 Å². The molecule has 0 atom stereocenters. The number of anilines is 1. The minimum absolute atomic E-state index is 0.482. The van der Waals surface area contributed by atoms with Gasteiger partial charge in [0.15, 0.2) is 5.82 Å². The van der Waals surface area contributed by atoms with Crippen LogP contribution in [0.2, 0.25) is 0 Å².